The lowest BCUT2D eigenvalue weighted by atomic mass is 10.2. The van der Waals surface area contributed by atoms with Crippen LogP contribution in [0.2, 0.25) is 5.02 Å². The van der Waals surface area contributed by atoms with Gasteiger partial charge in [0.05, 0.1) is 22.0 Å². The maximum atomic E-state index is 12.9. The fourth-order valence-corrected chi connectivity index (χ4v) is 3.38. The molecule has 0 aliphatic carbocycles. The van der Waals surface area contributed by atoms with E-state index in [4.69, 9.17) is 11.6 Å². The highest BCUT2D eigenvalue weighted by Gasteiger charge is 2.33. The molecule has 2 aromatic heterocycles. The highest BCUT2D eigenvalue weighted by molar-refractivity contribution is 7.17. The fourth-order valence-electron chi connectivity index (χ4n) is 2.21. The number of amides is 1. The molecule has 1 N–H and O–H groups in total. The van der Waals surface area contributed by atoms with Crippen LogP contribution >= 0.6 is 22.9 Å². The van der Waals surface area contributed by atoms with Crippen LogP contribution in [-0.2, 0) is 6.18 Å². The molecule has 2 heterocycles. The van der Waals surface area contributed by atoms with Crippen molar-refractivity contribution < 1.29 is 18.0 Å². The van der Waals surface area contributed by atoms with E-state index in [2.05, 4.69) is 15.3 Å². The second-order valence-electron chi connectivity index (χ2n) is 5.30. The number of hydrogen-bond donors (Lipinski definition) is 1. The Bertz CT molecular complexity index is 958. The average Bonchev–Trinajstić information content (AvgIpc) is 2.98. The zero-order valence-electron chi connectivity index (χ0n) is 13.3. The Balaban J connectivity index is 1.86. The van der Waals surface area contributed by atoms with Crippen molar-refractivity contribution in [2.45, 2.75) is 13.1 Å². The lowest BCUT2D eigenvalue weighted by molar-refractivity contribution is -0.137. The average molecular weight is 398 g/mol. The quantitative estimate of drug-likeness (QED) is 0.640. The number of carbonyl (C=O) groups excluding carboxylic acids is 1. The van der Waals surface area contributed by atoms with Gasteiger partial charge in [-0.15, -0.1) is 11.3 Å². The predicted molar refractivity (Wildman–Crippen MR) is 94.5 cm³/mol. The van der Waals surface area contributed by atoms with Crippen molar-refractivity contribution in [1.82, 2.24) is 9.97 Å². The van der Waals surface area contributed by atoms with Gasteiger partial charge in [0.15, 0.2) is 0 Å². The molecule has 4 nitrogen and oxygen atoms in total. The molecule has 0 fully saturated rings. The lowest BCUT2D eigenvalue weighted by Crippen LogP contribution is -2.13. The van der Waals surface area contributed by atoms with Crippen molar-refractivity contribution in [3.05, 3.63) is 63.8 Å². The summed E-state index contributed by atoms with van der Waals surface area (Å²) in [4.78, 5) is 21.2. The maximum Gasteiger partial charge on any atom is 0.417 e. The monoisotopic (exact) mass is 397 g/mol. The number of carbonyl (C=O) groups is 1. The second kappa shape index (κ2) is 7.05. The van der Waals surface area contributed by atoms with Gasteiger partial charge < -0.3 is 5.32 Å². The van der Waals surface area contributed by atoms with Crippen LogP contribution in [0.4, 0.5) is 18.9 Å². The molecule has 0 saturated carbocycles. The van der Waals surface area contributed by atoms with Gasteiger partial charge in [-0.25, -0.2) is 4.98 Å². The number of aromatic nitrogens is 2. The second-order valence-corrected chi connectivity index (χ2v) is 6.70. The van der Waals surface area contributed by atoms with Crippen LogP contribution < -0.4 is 5.32 Å². The van der Waals surface area contributed by atoms with Crippen molar-refractivity contribution >= 4 is 34.5 Å². The van der Waals surface area contributed by atoms with Gasteiger partial charge in [0.25, 0.3) is 5.91 Å². The number of hydrogen-bond acceptors (Lipinski definition) is 4. The number of pyridine rings is 1. The molecule has 26 heavy (non-hydrogen) atoms. The van der Waals surface area contributed by atoms with E-state index in [0.717, 1.165) is 23.5 Å². The van der Waals surface area contributed by atoms with Crippen LogP contribution in [0.5, 0.6) is 0 Å². The minimum Gasteiger partial charge on any atom is -0.321 e. The van der Waals surface area contributed by atoms with E-state index in [0.29, 0.717) is 21.3 Å². The number of anilines is 1. The zero-order valence-corrected chi connectivity index (χ0v) is 14.8. The molecule has 3 aromatic rings. The van der Waals surface area contributed by atoms with Crippen LogP contribution in [0.25, 0.3) is 10.7 Å². The minimum atomic E-state index is -4.61. The molecule has 0 saturated heterocycles. The summed E-state index contributed by atoms with van der Waals surface area (Å²) in [6.45, 7) is 1.65. The molecule has 0 bridgehead atoms. The number of benzene rings is 1. The molecule has 0 spiro atoms. The van der Waals surface area contributed by atoms with Gasteiger partial charge >= 0.3 is 6.18 Å². The summed E-state index contributed by atoms with van der Waals surface area (Å²) in [7, 11) is 0. The van der Waals surface area contributed by atoms with Crippen molar-refractivity contribution in [3.8, 4) is 10.7 Å². The first-order valence-corrected chi connectivity index (χ1v) is 8.52. The van der Waals surface area contributed by atoms with Crippen LogP contribution in [-0.4, -0.2) is 15.9 Å². The number of rotatable bonds is 3. The third-order valence-electron chi connectivity index (χ3n) is 3.42. The van der Waals surface area contributed by atoms with E-state index in [-0.39, 0.29) is 5.69 Å². The Morgan fingerprint density at radius 2 is 2.00 bits per heavy atom. The van der Waals surface area contributed by atoms with Gasteiger partial charge in [-0.1, -0.05) is 17.7 Å². The summed E-state index contributed by atoms with van der Waals surface area (Å²) in [6, 6.07) is 8.52. The molecule has 9 heteroatoms. The number of alkyl halides is 3. The number of halogens is 4. The van der Waals surface area contributed by atoms with Crippen molar-refractivity contribution in [2.75, 3.05) is 5.32 Å². The molecule has 1 aromatic carbocycles. The zero-order chi connectivity index (χ0) is 18.9. The van der Waals surface area contributed by atoms with E-state index in [1.807, 2.05) is 0 Å². The summed E-state index contributed by atoms with van der Waals surface area (Å²) in [6.07, 6.45) is -3.00. The number of aryl methyl sites for hydroxylation is 1. The van der Waals surface area contributed by atoms with Crippen molar-refractivity contribution in [2.24, 2.45) is 0 Å². The highest BCUT2D eigenvalue weighted by Crippen LogP contribution is 2.36. The van der Waals surface area contributed by atoms with E-state index in [1.54, 1.807) is 31.3 Å². The Hall–Kier alpha value is -2.45. The molecule has 3 rings (SSSR count). The number of nitrogens with zero attached hydrogens (tertiary/aromatic N) is 2. The van der Waals surface area contributed by atoms with Crippen LogP contribution in [0.1, 0.15) is 20.9 Å². The fraction of sp³-hybridized carbons (Fsp3) is 0.118. The SMILES string of the molecule is Cc1nc(-c2ccccn2)sc1C(=O)Nc1ccc(Cl)c(C(F)(F)F)c1. The molecule has 0 unspecified atom stereocenters. The Morgan fingerprint density at radius 1 is 1.23 bits per heavy atom. The smallest absolute Gasteiger partial charge is 0.321 e. The van der Waals surface area contributed by atoms with E-state index in [1.165, 1.54) is 6.07 Å². The summed E-state index contributed by atoms with van der Waals surface area (Å²) in [5.41, 5.74) is 0.0785. The molecule has 0 radical (unpaired) electrons. The normalized spacial score (nSPS) is 11.4. The van der Waals surface area contributed by atoms with Gasteiger partial charge in [0.1, 0.15) is 9.88 Å². The first-order chi connectivity index (χ1) is 12.3. The third kappa shape index (κ3) is 3.86. The molecular weight excluding hydrogens is 387 g/mol. The molecule has 0 aliphatic rings. The van der Waals surface area contributed by atoms with Crippen molar-refractivity contribution in [1.29, 1.82) is 0 Å². The standard InChI is InChI=1S/C17H11ClF3N3OS/c1-9-14(26-16(23-9)13-4-2-3-7-22-13)15(25)24-10-5-6-12(18)11(8-10)17(19,20)21/h2-8H,1H3,(H,24,25). The maximum absolute atomic E-state index is 12.9. The lowest BCUT2D eigenvalue weighted by Gasteiger charge is -2.11. The van der Waals surface area contributed by atoms with Crippen LogP contribution in [0.3, 0.4) is 0 Å². The summed E-state index contributed by atoms with van der Waals surface area (Å²) in [5, 5.41) is 2.58. The summed E-state index contributed by atoms with van der Waals surface area (Å²) in [5.74, 6) is -0.544. The Morgan fingerprint density at radius 3 is 2.65 bits per heavy atom. The first-order valence-electron chi connectivity index (χ1n) is 7.32. The highest BCUT2D eigenvalue weighted by atomic mass is 35.5. The molecule has 0 atom stereocenters. The van der Waals surface area contributed by atoms with E-state index < -0.39 is 22.7 Å². The topological polar surface area (TPSA) is 54.9 Å². The molecule has 0 aliphatic heterocycles. The van der Waals surface area contributed by atoms with Crippen LogP contribution in [0.15, 0.2) is 42.6 Å². The van der Waals surface area contributed by atoms with Crippen LogP contribution in [0, 0.1) is 6.92 Å². The molecule has 134 valence electrons. The Kier molecular flexibility index (Phi) is 4.97. The number of nitrogens with one attached hydrogen (secondary N) is 1. The summed E-state index contributed by atoms with van der Waals surface area (Å²) >= 11 is 6.70. The van der Waals surface area contributed by atoms with Gasteiger partial charge in [-0.3, -0.25) is 9.78 Å². The largest absolute Gasteiger partial charge is 0.417 e. The molecule has 1 amide bonds. The number of thiazole rings is 1. The summed E-state index contributed by atoms with van der Waals surface area (Å²) < 4.78 is 38.8. The van der Waals surface area contributed by atoms with Gasteiger partial charge in [0.2, 0.25) is 0 Å². The predicted octanol–water partition coefficient (Wildman–Crippen LogP) is 5.44. The minimum absolute atomic E-state index is 0.00101. The van der Waals surface area contributed by atoms with Gasteiger partial charge in [0, 0.05) is 11.9 Å². The van der Waals surface area contributed by atoms with E-state index in [9.17, 15) is 18.0 Å². The van der Waals surface area contributed by atoms with E-state index >= 15 is 0 Å². The first kappa shape index (κ1) is 18.3. The van der Waals surface area contributed by atoms with Gasteiger partial charge in [-0.05, 0) is 37.3 Å². The Labute approximate surface area is 155 Å². The molecular formula is C17H11ClF3N3OS. The van der Waals surface area contributed by atoms with Crippen molar-refractivity contribution in [3.63, 3.8) is 0 Å². The third-order valence-corrected chi connectivity index (χ3v) is 4.92. The van der Waals surface area contributed by atoms with Gasteiger partial charge in [-0.2, -0.15) is 13.2 Å².